The van der Waals surface area contributed by atoms with Gasteiger partial charge in [-0.25, -0.2) is 0 Å². The van der Waals surface area contributed by atoms with Crippen molar-refractivity contribution in [2.24, 2.45) is 5.92 Å². The largest absolute Gasteiger partial charge is 0.457 e. The van der Waals surface area contributed by atoms with Crippen LogP contribution in [-0.2, 0) is 16.1 Å². The quantitative estimate of drug-likeness (QED) is 0.795. The zero-order valence-electron chi connectivity index (χ0n) is 13.9. The zero-order chi connectivity index (χ0) is 17.6. The SMILES string of the molecule is O=C(S)CC1CCC(=O)N(Cc2ccc(Oc3ccccc3)cc2)C1. The van der Waals surface area contributed by atoms with Crippen LogP contribution in [0.2, 0.25) is 0 Å². The third kappa shape index (κ3) is 5.10. The molecule has 1 heterocycles. The van der Waals surface area contributed by atoms with E-state index in [-0.39, 0.29) is 16.9 Å². The fourth-order valence-electron chi connectivity index (χ4n) is 3.06. The van der Waals surface area contributed by atoms with Gasteiger partial charge in [-0.3, -0.25) is 9.59 Å². The van der Waals surface area contributed by atoms with Crippen LogP contribution < -0.4 is 4.74 Å². The molecule has 130 valence electrons. The lowest BCUT2D eigenvalue weighted by Crippen LogP contribution is -2.39. The van der Waals surface area contributed by atoms with Crippen LogP contribution in [0.15, 0.2) is 54.6 Å². The van der Waals surface area contributed by atoms with E-state index >= 15 is 0 Å². The minimum Gasteiger partial charge on any atom is -0.457 e. The number of likely N-dealkylation sites (tertiary alicyclic amines) is 1. The van der Waals surface area contributed by atoms with E-state index in [0.29, 0.717) is 25.9 Å². The molecule has 2 aromatic rings. The lowest BCUT2D eigenvalue weighted by molar-refractivity contribution is -0.136. The Balaban J connectivity index is 1.60. The fraction of sp³-hybridized carbons (Fsp3) is 0.300. The first kappa shape index (κ1) is 17.5. The van der Waals surface area contributed by atoms with Crippen LogP contribution in [0.4, 0.5) is 0 Å². The Kier molecular flexibility index (Phi) is 5.76. The predicted octanol–water partition coefficient (Wildman–Crippen LogP) is 4.06. The molecule has 1 saturated heterocycles. The minimum atomic E-state index is -0.110. The standard InChI is InChI=1S/C20H21NO3S/c22-19-11-8-16(12-20(23)25)14-21(19)13-15-6-9-18(10-7-15)24-17-4-2-1-3-5-17/h1-7,9-10,16H,8,11-14H2,(H,23,25). The number of hydrogen-bond donors (Lipinski definition) is 1. The van der Waals surface area contributed by atoms with Gasteiger partial charge in [0.15, 0.2) is 5.12 Å². The molecule has 0 bridgehead atoms. The number of ether oxygens (including phenoxy) is 1. The van der Waals surface area contributed by atoms with Gasteiger partial charge in [0.2, 0.25) is 5.91 Å². The molecule has 0 N–H and O–H groups in total. The highest BCUT2D eigenvalue weighted by atomic mass is 32.1. The lowest BCUT2D eigenvalue weighted by atomic mass is 9.94. The van der Waals surface area contributed by atoms with Crippen molar-refractivity contribution in [2.75, 3.05) is 6.54 Å². The van der Waals surface area contributed by atoms with E-state index < -0.39 is 0 Å². The maximum absolute atomic E-state index is 12.1. The Morgan fingerprint density at radius 3 is 2.44 bits per heavy atom. The summed E-state index contributed by atoms with van der Waals surface area (Å²) in [4.78, 5) is 25.2. The number of amides is 1. The van der Waals surface area contributed by atoms with Crippen LogP contribution in [0.25, 0.3) is 0 Å². The molecule has 1 atom stereocenters. The smallest absolute Gasteiger partial charge is 0.222 e. The van der Waals surface area contributed by atoms with E-state index in [1.807, 2.05) is 59.5 Å². The van der Waals surface area contributed by atoms with Gasteiger partial charge >= 0.3 is 0 Å². The van der Waals surface area contributed by atoms with Gasteiger partial charge < -0.3 is 9.64 Å². The predicted molar refractivity (Wildman–Crippen MR) is 99.7 cm³/mol. The number of hydrogen-bond acceptors (Lipinski definition) is 3. The van der Waals surface area contributed by atoms with Crippen LogP contribution >= 0.6 is 12.6 Å². The molecule has 0 aliphatic carbocycles. The Morgan fingerprint density at radius 2 is 1.76 bits per heavy atom. The lowest BCUT2D eigenvalue weighted by Gasteiger charge is -2.32. The first-order valence-corrected chi connectivity index (χ1v) is 8.86. The van der Waals surface area contributed by atoms with Crippen molar-refractivity contribution in [2.45, 2.75) is 25.8 Å². The highest BCUT2D eigenvalue weighted by Crippen LogP contribution is 2.25. The normalized spacial score (nSPS) is 17.4. The molecule has 25 heavy (non-hydrogen) atoms. The van der Waals surface area contributed by atoms with Crippen molar-refractivity contribution in [1.29, 1.82) is 0 Å². The Bertz CT molecular complexity index is 730. The van der Waals surface area contributed by atoms with Crippen LogP contribution in [0, 0.1) is 5.92 Å². The summed E-state index contributed by atoms with van der Waals surface area (Å²) in [5, 5.41) is -0.110. The number of carbonyl (C=O) groups excluding carboxylic acids is 2. The molecule has 0 spiro atoms. The molecule has 2 aromatic carbocycles. The van der Waals surface area contributed by atoms with E-state index in [1.165, 1.54) is 0 Å². The molecule has 5 heteroatoms. The number of rotatable bonds is 6. The van der Waals surface area contributed by atoms with Crippen molar-refractivity contribution >= 4 is 23.7 Å². The van der Waals surface area contributed by atoms with Crippen molar-refractivity contribution in [3.8, 4) is 11.5 Å². The van der Waals surface area contributed by atoms with Gasteiger partial charge in [0, 0.05) is 25.9 Å². The highest BCUT2D eigenvalue weighted by Gasteiger charge is 2.26. The number of nitrogens with zero attached hydrogens (tertiary/aromatic N) is 1. The monoisotopic (exact) mass is 355 g/mol. The average molecular weight is 355 g/mol. The molecule has 4 nitrogen and oxygen atoms in total. The van der Waals surface area contributed by atoms with Gasteiger partial charge in [-0.05, 0) is 42.2 Å². The molecule has 1 amide bonds. The maximum atomic E-state index is 12.1. The van der Waals surface area contributed by atoms with E-state index in [4.69, 9.17) is 4.74 Å². The van der Waals surface area contributed by atoms with Gasteiger partial charge in [-0.1, -0.05) is 30.3 Å². The second-order valence-corrected chi connectivity index (χ2v) is 6.83. The highest BCUT2D eigenvalue weighted by molar-refractivity contribution is 7.96. The van der Waals surface area contributed by atoms with Crippen LogP contribution in [-0.4, -0.2) is 22.5 Å². The first-order valence-electron chi connectivity index (χ1n) is 8.41. The molecule has 1 aliphatic heterocycles. The number of thiol groups is 1. The summed E-state index contributed by atoms with van der Waals surface area (Å²) < 4.78 is 5.78. The third-order valence-corrected chi connectivity index (χ3v) is 4.52. The molecular formula is C20H21NO3S. The maximum Gasteiger partial charge on any atom is 0.222 e. The number of carbonyl (C=O) groups is 2. The second-order valence-electron chi connectivity index (χ2n) is 6.34. The Labute approximate surface area is 153 Å². The number of piperidine rings is 1. The van der Waals surface area contributed by atoms with Crippen LogP contribution in [0.5, 0.6) is 11.5 Å². The topological polar surface area (TPSA) is 46.6 Å². The summed E-state index contributed by atoms with van der Waals surface area (Å²) in [7, 11) is 0. The number of para-hydroxylation sites is 1. The first-order chi connectivity index (χ1) is 12.1. The fourth-order valence-corrected chi connectivity index (χ4v) is 3.32. The van der Waals surface area contributed by atoms with Gasteiger partial charge in [0.05, 0.1) is 0 Å². The summed E-state index contributed by atoms with van der Waals surface area (Å²) in [5.41, 5.74) is 1.05. The summed E-state index contributed by atoms with van der Waals surface area (Å²) in [5.74, 6) is 1.91. The average Bonchev–Trinajstić information content (AvgIpc) is 2.60. The summed E-state index contributed by atoms with van der Waals surface area (Å²) in [6.45, 7) is 1.18. The van der Waals surface area contributed by atoms with E-state index in [2.05, 4.69) is 12.6 Å². The number of benzene rings is 2. The van der Waals surface area contributed by atoms with E-state index in [0.717, 1.165) is 23.5 Å². The van der Waals surface area contributed by atoms with Gasteiger partial charge in [-0.2, -0.15) is 0 Å². The summed E-state index contributed by atoms with van der Waals surface area (Å²) in [6, 6.07) is 17.4. The Morgan fingerprint density at radius 1 is 1.08 bits per heavy atom. The molecule has 3 rings (SSSR count). The van der Waals surface area contributed by atoms with Gasteiger partial charge in [0.1, 0.15) is 11.5 Å². The zero-order valence-corrected chi connectivity index (χ0v) is 14.8. The van der Waals surface area contributed by atoms with Crippen molar-refractivity contribution in [3.63, 3.8) is 0 Å². The second kappa shape index (κ2) is 8.21. The third-order valence-electron chi connectivity index (χ3n) is 4.34. The summed E-state index contributed by atoms with van der Waals surface area (Å²) >= 11 is 3.86. The molecule has 1 unspecified atom stereocenters. The Hall–Kier alpha value is -2.27. The molecule has 0 aromatic heterocycles. The molecule has 1 aliphatic rings. The van der Waals surface area contributed by atoms with E-state index in [9.17, 15) is 9.59 Å². The molecule has 0 radical (unpaired) electrons. The van der Waals surface area contributed by atoms with Gasteiger partial charge in [0.25, 0.3) is 0 Å². The van der Waals surface area contributed by atoms with Crippen molar-refractivity contribution < 1.29 is 14.3 Å². The van der Waals surface area contributed by atoms with Crippen LogP contribution in [0.1, 0.15) is 24.8 Å². The molecular weight excluding hydrogens is 334 g/mol. The van der Waals surface area contributed by atoms with Crippen molar-refractivity contribution in [1.82, 2.24) is 4.90 Å². The molecule has 1 fully saturated rings. The van der Waals surface area contributed by atoms with Crippen LogP contribution in [0.3, 0.4) is 0 Å². The minimum absolute atomic E-state index is 0.110. The van der Waals surface area contributed by atoms with E-state index in [1.54, 1.807) is 0 Å². The van der Waals surface area contributed by atoms with Crippen molar-refractivity contribution in [3.05, 3.63) is 60.2 Å². The van der Waals surface area contributed by atoms with Gasteiger partial charge in [-0.15, -0.1) is 12.6 Å². The molecule has 0 saturated carbocycles. The summed E-state index contributed by atoms with van der Waals surface area (Å²) in [6.07, 6.45) is 1.70.